The van der Waals surface area contributed by atoms with Crippen LogP contribution >= 0.6 is 0 Å². The SMILES string of the molecule is FCCOC(OF)(C(F)F)C(F)F. The van der Waals surface area contributed by atoms with Gasteiger partial charge in [0, 0.05) is 0 Å². The van der Waals surface area contributed by atoms with E-state index in [2.05, 4.69) is 9.68 Å². The number of alkyl halides is 5. The summed E-state index contributed by atoms with van der Waals surface area (Å²) in [6.07, 6.45) is -7.83. The monoisotopic (exact) mass is 212 g/mol. The van der Waals surface area contributed by atoms with Crippen LogP contribution in [-0.2, 0) is 9.68 Å². The van der Waals surface area contributed by atoms with Crippen molar-refractivity contribution in [3.8, 4) is 0 Å². The molecule has 0 N–H and O–H groups in total. The highest BCUT2D eigenvalue weighted by Crippen LogP contribution is 2.30. The van der Waals surface area contributed by atoms with Crippen LogP contribution in [0.25, 0.3) is 0 Å². The molecular formula is C5H6F6O2. The zero-order valence-electron chi connectivity index (χ0n) is 6.15. The largest absolute Gasteiger partial charge is 0.336 e. The quantitative estimate of drug-likeness (QED) is 0.495. The van der Waals surface area contributed by atoms with Gasteiger partial charge in [-0.3, -0.25) is 0 Å². The molecule has 0 rings (SSSR count). The van der Waals surface area contributed by atoms with Crippen molar-refractivity contribution in [1.82, 2.24) is 0 Å². The maximum absolute atomic E-state index is 11.8. The van der Waals surface area contributed by atoms with E-state index in [1.807, 2.05) is 0 Å². The molecule has 0 unspecified atom stereocenters. The lowest BCUT2D eigenvalue weighted by Gasteiger charge is -2.26. The minimum atomic E-state index is -3.98. The normalized spacial score (nSPS) is 12.9. The molecule has 0 fully saturated rings. The van der Waals surface area contributed by atoms with Gasteiger partial charge < -0.3 is 4.74 Å². The maximum Gasteiger partial charge on any atom is 0.329 e. The molecule has 0 atom stereocenters. The molecule has 0 heterocycles. The molecule has 0 aromatic rings. The minimum absolute atomic E-state index is 1.10. The molecule has 80 valence electrons. The van der Waals surface area contributed by atoms with Crippen molar-refractivity contribution in [3.63, 3.8) is 0 Å². The predicted octanol–water partition coefficient (Wildman–Crippen LogP) is 2.10. The molecule has 0 spiro atoms. The standard InChI is InChI=1S/C5H6F6O2/c6-1-2-12-5(13-11,3(7)8)4(9)10/h3-4H,1-2H2. The van der Waals surface area contributed by atoms with Gasteiger partial charge in [-0.15, -0.1) is 4.94 Å². The molecule has 8 heteroatoms. The maximum atomic E-state index is 11.8. The van der Waals surface area contributed by atoms with Crippen LogP contribution in [0.2, 0.25) is 0 Å². The van der Waals surface area contributed by atoms with Crippen LogP contribution in [-0.4, -0.2) is 31.9 Å². The van der Waals surface area contributed by atoms with E-state index in [-0.39, 0.29) is 0 Å². The Morgan fingerprint density at radius 1 is 1.08 bits per heavy atom. The Hall–Kier alpha value is -0.500. The van der Waals surface area contributed by atoms with Gasteiger partial charge in [0.25, 0.3) is 0 Å². The topological polar surface area (TPSA) is 18.5 Å². The first-order valence-electron chi connectivity index (χ1n) is 3.07. The highest BCUT2D eigenvalue weighted by Gasteiger charge is 2.53. The summed E-state index contributed by atoms with van der Waals surface area (Å²) in [5.41, 5.74) is 0. The smallest absolute Gasteiger partial charge is 0.329 e. The van der Waals surface area contributed by atoms with Gasteiger partial charge in [0.2, 0.25) is 0 Å². The van der Waals surface area contributed by atoms with Crippen LogP contribution in [0.15, 0.2) is 0 Å². The number of hydrogen-bond acceptors (Lipinski definition) is 2. The summed E-state index contributed by atoms with van der Waals surface area (Å²) in [7, 11) is 0. The average molecular weight is 212 g/mol. The summed E-state index contributed by atoms with van der Waals surface area (Å²) in [6.45, 7) is -2.40. The number of hydrogen-bond donors (Lipinski definition) is 0. The van der Waals surface area contributed by atoms with E-state index >= 15 is 0 Å². The van der Waals surface area contributed by atoms with Crippen LogP contribution in [0.3, 0.4) is 0 Å². The molecule has 0 aliphatic heterocycles. The third-order valence-corrected chi connectivity index (χ3v) is 1.13. The van der Waals surface area contributed by atoms with Crippen molar-refractivity contribution >= 4 is 0 Å². The summed E-state index contributed by atoms with van der Waals surface area (Å²) < 4.78 is 73.7. The van der Waals surface area contributed by atoms with Crippen molar-refractivity contribution in [3.05, 3.63) is 0 Å². The van der Waals surface area contributed by atoms with Gasteiger partial charge >= 0.3 is 18.6 Å². The second-order valence-corrected chi connectivity index (χ2v) is 1.94. The van der Waals surface area contributed by atoms with Gasteiger partial charge in [-0.1, -0.05) is 0 Å². The fraction of sp³-hybridized carbons (Fsp3) is 1.00. The van der Waals surface area contributed by atoms with E-state index in [0.717, 1.165) is 0 Å². The molecule has 0 aromatic carbocycles. The van der Waals surface area contributed by atoms with E-state index in [9.17, 15) is 26.5 Å². The summed E-state index contributed by atoms with van der Waals surface area (Å²) >= 11 is 0. The predicted molar refractivity (Wildman–Crippen MR) is 28.9 cm³/mol. The fourth-order valence-electron chi connectivity index (χ4n) is 0.509. The third-order valence-electron chi connectivity index (χ3n) is 1.13. The molecule has 0 aliphatic carbocycles. The zero-order valence-corrected chi connectivity index (χ0v) is 6.15. The van der Waals surface area contributed by atoms with Crippen LogP contribution in [0.5, 0.6) is 0 Å². The van der Waals surface area contributed by atoms with Gasteiger partial charge in [0.1, 0.15) is 6.67 Å². The van der Waals surface area contributed by atoms with Crippen LogP contribution < -0.4 is 0 Å². The average Bonchev–Trinajstić information content (AvgIpc) is 2.05. The first-order valence-corrected chi connectivity index (χ1v) is 3.07. The summed E-state index contributed by atoms with van der Waals surface area (Å²) in [4.78, 5) is 2.37. The lowest BCUT2D eigenvalue weighted by molar-refractivity contribution is -0.416. The summed E-state index contributed by atoms with van der Waals surface area (Å²) in [5.74, 6) is -3.98. The van der Waals surface area contributed by atoms with Crippen LogP contribution in [0, 0.1) is 0 Å². The first-order chi connectivity index (χ1) is 6.01. The van der Waals surface area contributed by atoms with Gasteiger partial charge in [-0.25, -0.2) is 22.0 Å². The van der Waals surface area contributed by atoms with Crippen molar-refractivity contribution in [2.75, 3.05) is 13.3 Å². The molecule has 0 aromatic heterocycles. The van der Waals surface area contributed by atoms with Gasteiger partial charge in [0.05, 0.1) is 6.61 Å². The Balaban J connectivity index is 4.45. The van der Waals surface area contributed by atoms with Crippen molar-refractivity contribution in [2.24, 2.45) is 0 Å². The molecule has 2 nitrogen and oxygen atoms in total. The highest BCUT2D eigenvalue weighted by atomic mass is 19.3. The Morgan fingerprint density at radius 3 is 1.77 bits per heavy atom. The van der Waals surface area contributed by atoms with Crippen LogP contribution in [0.1, 0.15) is 0 Å². The molecule has 0 radical (unpaired) electrons. The molecule has 0 amide bonds. The zero-order chi connectivity index (χ0) is 10.5. The van der Waals surface area contributed by atoms with Gasteiger partial charge in [-0.2, -0.15) is 0 Å². The fourth-order valence-corrected chi connectivity index (χ4v) is 0.509. The highest BCUT2D eigenvalue weighted by molar-refractivity contribution is 4.74. The number of rotatable bonds is 6. The van der Waals surface area contributed by atoms with E-state index in [1.54, 1.807) is 0 Å². The van der Waals surface area contributed by atoms with E-state index in [1.165, 1.54) is 0 Å². The summed E-state index contributed by atoms with van der Waals surface area (Å²) in [6, 6.07) is 0. The molecule has 0 bridgehead atoms. The second-order valence-electron chi connectivity index (χ2n) is 1.94. The Labute approximate surface area is 69.3 Å². The molecule has 13 heavy (non-hydrogen) atoms. The van der Waals surface area contributed by atoms with Crippen molar-refractivity contribution in [2.45, 2.75) is 18.6 Å². The molecule has 0 aliphatic rings. The minimum Gasteiger partial charge on any atom is -0.336 e. The van der Waals surface area contributed by atoms with E-state index < -0.39 is 31.9 Å². The molecule has 0 saturated carbocycles. The van der Waals surface area contributed by atoms with E-state index in [0.29, 0.717) is 0 Å². The lowest BCUT2D eigenvalue weighted by atomic mass is 10.3. The number of ether oxygens (including phenoxy) is 1. The first kappa shape index (κ1) is 12.5. The van der Waals surface area contributed by atoms with Gasteiger partial charge in [-0.05, 0) is 4.53 Å². The van der Waals surface area contributed by atoms with E-state index in [4.69, 9.17) is 0 Å². The number of halogens is 6. The van der Waals surface area contributed by atoms with Crippen molar-refractivity contribution < 1.29 is 36.2 Å². The van der Waals surface area contributed by atoms with Crippen molar-refractivity contribution in [1.29, 1.82) is 0 Å². The Kier molecular flexibility index (Phi) is 5.07. The van der Waals surface area contributed by atoms with Crippen LogP contribution in [0.4, 0.5) is 26.5 Å². The lowest BCUT2D eigenvalue weighted by Crippen LogP contribution is -2.48. The third kappa shape index (κ3) is 2.73. The molecule has 0 saturated heterocycles. The summed E-state index contributed by atoms with van der Waals surface area (Å²) in [5, 5.41) is 0. The van der Waals surface area contributed by atoms with Gasteiger partial charge in [0.15, 0.2) is 0 Å². The second kappa shape index (κ2) is 5.28. The Morgan fingerprint density at radius 2 is 1.54 bits per heavy atom. The molecular weight excluding hydrogens is 206 g/mol. The Bertz CT molecular complexity index is 133.